The largest absolute Gasteiger partial charge is 0.252 e. The Hall–Kier alpha value is -3.79. The van der Waals surface area contributed by atoms with Gasteiger partial charge in [-0.1, -0.05) is 91.0 Å². The summed E-state index contributed by atoms with van der Waals surface area (Å²) in [6.45, 7) is 2.04. The molecule has 134 valence electrons. The van der Waals surface area contributed by atoms with Gasteiger partial charge < -0.3 is 0 Å². The van der Waals surface area contributed by atoms with E-state index in [4.69, 9.17) is 15.1 Å². The molecule has 0 fully saturated rings. The van der Waals surface area contributed by atoms with Crippen LogP contribution in [0.1, 0.15) is 5.69 Å². The predicted molar refractivity (Wildman–Crippen MR) is 112 cm³/mol. The summed E-state index contributed by atoms with van der Waals surface area (Å²) < 4.78 is 1.84. The quantitative estimate of drug-likeness (QED) is 0.429. The Labute approximate surface area is 163 Å². The Balaban J connectivity index is 1.80. The number of benzene rings is 3. The highest BCUT2D eigenvalue weighted by Crippen LogP contribution is 2.30. The number of aromatic nitrogens is 4. The highest BCUT2D eigenvalue weighted by Gasteiger charge is 2.18. The molecule has 0 bridgehead atoms. The van der Waals surface area contributed by atoms with Crippen molar-refractivity contribution >= 4 is 5.78 Å². The average Bonchev–Trinajstić information content (AvgIpc) is 3.10. The van der Waals surface area contributed by atoms with Crippen LogP contribution in [-0.2, 0) is 0 Å². The Kier molecular flexibility index (Phi) is 3.95. The first kappa shape index (κ1) is 16.4. The fourth-order valence-electron chi connectivity index (χ4n) is 3.43. The monoisotopic (exact) mass is 362 g/mol. The molecule has 4 nitrogen and oxygen atoms in total. The van der Waals surface area contributed by atoms with Crippen LogP contribution >= 0.6 is 0 Å². The lowest BCUT2D eigenvalue weighted by Crippen LogP contribution is -2.02. The molecule has 0 aliphatic heterocycles. The summed E-state index contributed by atoms with van der Waals surface area (Å²) >= 11 is 0. The molecule has 5 aromatic rings. The Bertz CT molecular complexity index is 1240. The first-order valence-electron chi connectivity index (χ1n) is 9.25. The second-order valence-corrected chi connectivity index (χ2v) is 6.66. The molecular weight excluding hydrogens is 344 g/mol. The van der Waals surface area contributed by atoms with Gasteiger partial charge in [0.05, 0.1) is 11.4 Å². The van der Waals surface area contributed by atoms with Gasteiger partial charge in [0.25, 0.3) is 5.78 Å². The maximum atomic E-state index is 4.96. The van der Waals surface area contributed by atoms with E-state index in [9.17, 15) is 0 Å². The maximum absolute atomic E-state index is 4.96. The van der Waals surface area contributed by atoms with Crippen molar-refractivity contribution in [3.05, 3.63) is 96.7 Å². The zero-order valence-corrected chi connectivity index (χ0v) is 15.4. The standard InChI is InChI=1S/C24H18N4/c1-17-21(18-11-5-2-6-12-18)25-24-26-22(19-13-7-3-8-14-19)23(27-28(17)24)20-15-9-4-10-16-20/h2-16H,1H3. The van der Waals surface area contributed by atoms with E-state index in [0.29, 0.717) is 5.78 Å². The van der Waals surface area contributed by atoms with E-state index >= 15 is 0 Å². The van der Waals surface area contributed by atoms with Crippen molar-refractivity contribution in [2.45, 2.75) is 6.92 Å². The van der Waals surface area contributed by atoms with E-state index in [-0.39, 0.29) is 0 Å². The molecule has 0 atom stereocenters. The van der Waals surface area contributed by atoms with Crippen molar-refractivity contribution < 1.29 is 0 Å². The van der Waals surface area contributed by atoms with Gasteiger partial charge in [-0.15, -0.1) is 0 Å². The number of nitrogens with zero attached hydrogens (tertiary/aromatic N) is 4. The van der Waals surface area contributed by atoms with Crippen LogP contribution in [0.25, 0.3) is 39.5 Å². The van der Waals surface area contributed by atoms with Gasteiger partial charge >= 0.3 is 0 Å². The molecule has 0 unspecified atom stereocenters. The number of fused-ring (bicyclic) bond motifs is 1. The summed E-state index contributed by atoms with van der Waals surface area (Å²) in [6.07, 6.45) is 0. The van der Waals surface area contributed by atoms with E-state index < -0.39 is 0 Å². The SMILES string of the molecule is Cc1c(-c2ccccc2)nc2nc(-c3ccccc3)c(-c3ccccc3)nn12. The number of hydrogen-bond donors (Lipinski definition) is 0. The predicted octanol–water partition coefficient (Wildman–Crippen LogP) is 5.43. The molecule has 0 N–H and O–H groups in total. The van der Waals surface area contributed by atoms with Crippen molar-refractivity contribution in [2.24, 2.45) is 0 Å². The Morgan fingerprint density at radius 2 is 0.964 bits per heavy atom. The fraction of sp³-hybridized carbons (Fsp3) is 0.0417. The first-order chi connectivity index (χ1) is 13.8. The minimum atomic E-state index is 0.606. The van der Waals surface area contributed by atoms with Gasteiger partial charge in [-0.05, 0) is 6.92 Å². The molecule has 2 heterocycles. The first-order valence-corrected chi connectivity index (χ1v) is 9.25. The minimum absolute atomic E-state index is 0.606. The van der Waals surface area contributed by atoms with E-state index in [2.05, 4.69) is 36.4 Å². The van der Waals surface area contributed by atoms with Crippen LogP contribution in [0.5, 0.6) is 0 Å². The van der Waals surface area contributed by atoms with Crippen LogP contribution in [0.3, 0.4) is 0 Å². The van der Waals surface area contributed by atoms with Crippen molar-refractivity contribution in [1.82, 2.24) is 19.6 Å². The van der Waals surface area contributed by atoms with Crippen LogP contribution in [0.4, 0.5) is 0 Å². The Morgan fingerprint density at radius 3 is 1.50 bits per heavy atom. The van der Waals surface area contributed by atoms with Gasteiger partial charge in [-0.25, -0.2) is 14.5 Å². The van der Waals surface area contributed by atoms with Gasteiger partial charge in [-0.3, -0.25) is 0 Å². The number of rotatable bonds is 3. The number of aryl methyl sites for hydroxylation is 1. The molecule has 5 rings (SSSR count). The summed E-state index contributed by atoms with van der Waals surface area (Å²) in [5.74, 6) is 0.606. The molecule has 0 saturated carbocycles. The zero-order valence-electron chi connectivity index (χ0n) is 15.4. The van der Waals surface area contributed by atoms with Crippen LogP contribution in [-0.4, -0.2) is 19.6 Å². The molecule has 28 heavy (non-hydrogen) atoms. The molecule has 0 amide bonds. The van der Waals surface area contributed by atoms with Crippen molar-refractivity contribution in [3.8, 4) is 33.8 Å². The molecule has 0 aliphatic carbocycles. The van der Waals surface area contributed by atoms with E-state index in [1.165, 1.54) is 0 Å². The van der Waals surface area contributed by atoms with Crippen molar-refractivity contribution in [2.75, 3.05) is 0 Å². The summed E-state index contributed by atoms with van der Waals surface area (Å²) in [7, 11) is 0. The summed E-state index contributed by atoms with van der Waals surface area (Å²) in [4.78, 5) is 9.71. The number of imidazole rings is 1. The normalized spacial score (nSPS) is 11.0. The molecule has 0 radical (unpaired) electrons. The second kappa shape index (κ2) is 6.74. The van der Waals surface area contributed by atoms with Gasteiger partial charge in [0.2, 0.25) is 0 Å². The van der Waals surface area contributed by atoms with Gasteiger partial charge in [0.15, 0.2) is 0 Å². The fourth-order valence-corrected chi connectivity index (χ4v) is 3.43. The Morgan fingerprint density at radius 1 is 0.536 bits per heavy atom. The zero-order chi connectivity index (χ0) is 18.9. The minimum Gasteiger partial charge on any atom is -0.209 e. The van der Waals surface area contributed by atoms with Crippen LogP contribution in [0.2, 0.25) is 0 Å². The highest BCUT2D eigenvalue weighted by atomic mass is 15.3. The lowest BCUT2D eigenvalue weighted by atomic mass is 10.0. The van der Waals surface area contributed by atoms with Gasteiger partial charge in [0, 0.05) is 16.7 Å². The topological polar surface area (TPSA) is 43.1 Å². The van der Waals surface area contributed by atoms with Gasteiger partial charge in [-0.2, -0.15) is 5.10 Å². The van der Waals surface area contributed by atoms with Crippen LogP contribution in [0.15, 0.2) is 91.0 Å². The lowest BCUT2D eigenvalue weighted by molar-refractivity contribution is 0.881. The smallest absolute Gasteiger partial charge is 0.209 e. The van der Waals surface area contributed by atoms with Gasteiger partial charge in [0.1, 0.15) is 11.4 Å². The lowest BCUT2D eigenvalue weighted by Gasteiger charge is -2.09. The molecular formula is C24H18N4. The van der Waals surface area contributed by atoms with Crippen LogP contribution < -0.4 is 0 Å². The molecule has 2 aromatic heterocycles. The third kappa shape index (κ3) is 2.76. The van der Waals surface area contributed by atoms with Crippen molar-refractivity contribution in [1.29, 1.82) is 0 Å². The van der Waals surface area contributed by atoms with E-state index in [0.717, 1.165) is 39.5 Å². The van der Waals surface area contributed by atoms with E-state index in [1.54, 1.807) is 0 Å². The molecule has 3 aromatic carbocycles. The third-order valence-electron chi connectivity index (χ3n) is 4.84. The summed E-state index contributed by atoms with van der Waals surface area (Å²) in [5, 5.41) is 4.96. The average molecular weight is 362 g/mol. The third-order valence-corrected chi connectivity index (χ3v) is 4.84. The summed E-state index contributed by atoms with van der Waals surface area (Å²) in [5.41, 5.74) is 6.69. The molecule has 0 spiro atoms. The van der Waals surface area contributed by atoms with E-state index in [1.807, 2.05) is 66.0 Å². The van der Waals surface area contributed by atoms with Crippen LogP contribution in [0, 0.1) is 6.92 Å². The molecule has 0 aliphatic rings. The number of hydrogen-bond acceptors (Lipinski definition) is 3. The summed E-state index contributed by atoms with van der Waals surface area (Å²) in [6, 6.07) is 30.5. The maximum Gasteiger partial charge on any atom is 0.252 e. The second-order valence-electron chi connectivity index (χ2n) is 6.66. The van der Waals surface area contributed by atoms with Crippen molar-refractivity contribution in [3.63, 3.8) is 0 Å². The molecule has 0 saturated heterocycles. The highest BCUT2D eigenvalue weighted by molar-refractivity contribution is 5.79. The molecule has 4 heteroatoms.